The van der Waals surface area contributed by atoms with E-state index in [9.17, 15) is 4.79 Å². The SMILES string of the molecule is CC(NCC#Cc1ccccc1)C(Cc1ccc(C(=O)Nc2ccccc2)o1)c1ccc2c(c1)OCO2. The van der Waals surface area contributed by atoms with Crippen molar-refractivity contribution in [3.63, 3.8) is 0 Å². The van der Waals surface area contributed by atoms with E-state index in [0.717, 1.165) is 34.1 Å². The third-order valence-electron chi connectivity index (χ3n) is 6.29. The first-order valence-electron chi connectivity index (χ1n) is 12.3. The van der Waals surface area contributed by atoms with E-state index in [1.807, 2.05) is 78.9 Å². The zero-order chi connectivity index (χ0) is 25.5. The standard InChI is InChI=1S/C31H28N2O4/c1-22(32-18-8-11-23-9-4-2-5-10-23)27(24-14-16-28-30(19-24)36-21-35-28)20-26-15-17-29(37-26)31(34)33-25-12-6-3-7-13-25/h2-7,9-10,12-17,19,22,27,32H,18,20-21H2,1H3,(H,33,34). The lowest BCUT2D eigenvalue weighted by molar-refractivity contribution is 0.0994. The minimum atomic E-state index is -0.278. The maximum Gasteiger partial charge on any atom is 0.291 e. The summed E-state index contributed by atoms with van der Waals surface area (Å²) in [5, 5.41) is 6.40. The highest BCUT2D eigenvalue weighted by Gasteiger charge is 2.24. The van der Waals surface area contributed by atoms with Gasteiger partial charge in [0.15, 0.2) is 17.3 Å². The molecule has 5 rings (SSSR count). The summed E-state index contributed by atoms with van der Waals surface area (Å²) in [4.78, 5) is 12.7. The summed E-state index contributed by atoms with van der Waals surface area (Å²) in [6.07, 6.45) is 0.596. The molecule has 1 aliphatic heterocycles. The Kier molecular flexibility index (Phi) is 7.54. The third-order valence-corrected chi connectivity index (χ3v) is 6.29. The average Bonchev–Trinajstić information content (AvgIpc) is 3.60. The van der Waals surface area contributed by atoms with Crippen LogP contribution in [0.25, 0.3) is 0 Å². The Morgan fingerprint density at radius 1 is 0.919 bits per heavy atom. The molecule has 2 heterocycles. The molecule has 2 atom stereocenters. The number of amides is 1. The number of furan rings is 1. The fourth-order valence-electron chi connectivity index (χ4n) is 4.29. The minimum Gasteiger partial charge on any atom is -0.456 e. The summed E-state index contributed by atoms with van der Waals surface area (Å²) in [6.45, 7) is 2.90. The summed E-state index contributed by atoms with van der Waals surface area (Å²) in [7, 11) is 0. The Hall–Kier alpha value is -4.47. The van der Waals surface area contributed by atoms with Gasteiger partial charge in [-0.15, -0.1) is 0 Å². The molecule has 2 N–H and O–H groups in total. The van der Waals surface area contributed by atoms with E-state index in [4.69, 9.17) is 13.9 Å². The molecule has 0 spiro atoms. The largest absolute Gasteiger partial charge is 0.456 e. The summed E-state index contributed by atoms with van der Waals surface area (Å²) in [5.41, 5.74) is 2.80. The van der Waals surface area contributed by atoms with Crippen LogP contribution >= 0.6 is 0 Å². The van der Waals surface area contributed by atoms with Crippen molar-refractivity contribution in [3.8, 4) is 23.3 Å². The second kappa shape index (κ2) is 11.5. The summed E-state index contributed by atoms with van der Waals surface area (Å²) < 4.78 is 17.1. The number of para-hydroxylation sites is 1. The summed E-state index contributed by atoms with van der Waals surface area (Å²) in [6, 6.07) is 28.9. The zero-order valence-corrected chi connectivity index (χ0v) is 20.6. The zero-order valence-electron chi connectivity index (χ0n) is 20.6. The van der Waals surface area contributed by atoms with E-state index in [0.29, 0.717) is 13.0 Å². The van der Waals surface area contributed by atoms with Crippen molar-refractivity contribution in [1.29, 1.82) is 0 Å². The lowest BCUT2D eigenvalue weighted by Crippen LogP contribution is -2.33. The van der Waals surface area contributed by atoms with Crippen LogP contribution in [0.5, 0.6) is 11.5 Å². The van der Waals surface area contributed by atoms with Gasteiger partial charge in [0.1, 0.15) is 5.76 Å². The van der Waals surface area contributed by atoms with Gasteiger partial charge in [-0.05, 0) is 61.0 Å². The Balaban J connectivity index is 1.30. The number of rotatable bonds is 8. The number of nitrogens with one attached hydrogen (secondary N) is 2. The molecule has 1 amide bonds. The van der Waals surface area contributed by atoms with Crippen molar-refractivity contribution in [1.82, 2.24) is 5.32 Å². The predicted octanol–water partition coefficient (Wildman–Crippen LogP) is 5.62. The predicted molar refractivity (Wildman–Crippen MR) is 143 cm³/mol. The maximum atomic E-state index is 12.7. The van der Waals surface area contributed by atoms with Crippen LogP contribution in [0, 0.1) is 11.8 Å². The lowest BCUT2D eigenvalue weighted by atomic mass is 9.88. The molecule has 1 aliphatic rings. The number of fused-ring (bicyclic) bond motifs is 1. The molecule has 2 unspecified atom stereocenters. The number of carbonyl (C=O) groups is 1. The monoisotopic (exact) mass is 492 g/mol. The number of anilines is 1. The first-order chi connectivity index (χ1) is 18.2. The number of benzene rings is 3. The van der Waals surface area contributed by atoms with Crippen LogP contribution in [0.1, 0.15) is 40.3 Å². The van der Waals surface area contributed by atoms with Gasteiger partial charge in [-0.2, -0.15) is 0 Å². The molecule has 6 heteroatoms. The third kappa shape index (κ3) is 6.21. The molecular weight excluding hydrogens is 464 g/mol. The minimum absolute atomic E-state index is 0.0456. The van der Waals surface area contributed by atoms with E-state index >= 15 is 0 Å². The van der Waals surface area contributed by atoms with Crippen LogP contribution < -0.4 is 20.1 Å². The molecule has 6 nitrogen and oxygen atoms in total. The van der Waals surface area contributed by atoms with Gasteiger partial charge in [-0.25, -0.2) is 0 Å². The molecule has 0 radical (unpaired) electrons. The highest BCUT2D eigenvalue weighted by atomic mass is 16.7. The Labute approximate surface area is 216 Å². The molecule has 37 heavy (non-hydrogen) atoms. The average molecular weight is 493 g/mol. The molecular formula is C31H28N2O4. The van der Waals surface area contributed by atoms with Crippen molar-refractivity contribution in [3.05, 3.63) is 114 Å². The van der Waals surface area contributed by atoms with E-state index < -0.39 is 0 Å². The van der Waals surface area contributed by atoms with Gasteiger partial charge in [0.05, 0.1) is 6.54 Å². The first-order valence-corrected chi connectivity index (χ1v) is 12.3. The molecule has 0 saturated carbocycles. The van der Waals surface area contributed by atoms with Crippen molar-refractivity contribution in [2.24, 2.45) is 0 Å². The molecule has 3 aromatic carbocycles. The van der Waals surface area contributed by atoms with Gasteiger partial charge in [-0.3, -0.25) is 4.79 Å². The summed E-state index contributed by atoms with van der Waals surface area (Å²) >= 11 is 0. The van der Waals surface area contributed by atoms with E-state index in [1.165, 1.54) is 0 Å². The molecule has 4 aromatic rings. The van der Waals surface area contributed by atoms with Crippen LogP contribution in [-0.2, 0) is 6.42 Å². The maximum absolute atomic E-state index is 12.7. The number of ether oxygens (including phenoxy) is 2. The fraction of sp³-hybridized carbons (Fsp3) is 0.194. The quantitative estimate of drug-likeness (QED) is 0.313. The van der Waals surface area contributed by atoms with Gasteiger partial charge in [0.25, 0.3) is 5.91 Å². The molecule has 1 aromatic heterocycles. The number of hydrogen-bond donors (Lipinski definition) is 2. The second-order valence-corrected chi connectivity index (χ2v) is 8.85. The normalized spacial score (nSPS) is 13.3. The summed E-state index contributed by atoms with van der Waals surface area (Å²) in [5.74, 6) is 8.64. The van der Waals surface area contributed by atoms with Crippen LogP contribution in [-0.4, -0.2) is 25.3 Å². The van der Waals surface area contributed by atoms with Gasteiger partial charge >= 0.3 is 0 Å². The van der Waals surface area contributed by atoms with Crippen molar-refractivity contribution >= 4 is 11.6 Å². The van der Waals surface area contributed by atoms with E-state index in [-0.39, 0.29) is 30.4 Å². The van der Waals surface area contributed by atoms with E-state index in [2.05, 4.69) is 35.5 Å². The van der Waals surface area contributed by atoms with Crippen LogP contribution in [0.3, 0.4) is 0 Å². The Morgan fingerprint density at radius 3 is 2.49 bits per heavy atom. The van der Waals surface area contributed by atoms with Crippen molar-refractivity contribution in [2.75, 3.05) is 18.7 Å². The highest BCUT2D eigenvalue weighted by molar-refractivity contribution is 6.02. The topological polar surface area (TPSA) is 72.7 Å². The fourth-order valence-corrected chi connectivity index (χ4v) is 4.29. The Bertz CT molecular complexity index is 1400. The van der Waals surface area contributed by atoms with Crippen LogP contribution in [0.15, 0.2) is 95.4 Å². The molecule has 0 aliphatic carbocycles. The van der Waals surface area contributed by atoms with E-state index in [1.54, 1.807) is 6.07 Å². The number of hydrogen-bond acceptors (Lipinski definition) is 5. The van der Waals surface area contributed by atoms with Crippen LogP contribution in [0.4, 0.5) is 5.69 Å². The number of carbonyl (C=O) groups excluding carboxylic acids is 1. The molecule has 186 valence electrons. The molecule has 0 bridgehead atoms. The van der Waals surface area contributed by atoms with Gasteiger partial charge in [0.2, 0.25) is 6.79 Å². The van der Waals surface area contributed by atoms with Gasteiger partial charge < -0.3 is 24.5 Å². The first kappa shape index (κ1) is 24.2. The van der Waals surface area contributed by atoms with Gasteiger partial charge in [-0.1, -0.05) is 54.3 Å². The smallest absolute Gasteiger partial charge is 0.291 e. The molecule has 0 fully saturated rings. The second-order valence-electron chi connectivity index (χ2n) is 8.85. The lowest BCUT2D eigenvalue weighted by Gasteiger charge is -2.24. The highest BCUT2D eigenvalue weighted by Crippen LogP contribution is 2.36. The molecule has 0 saturated heterocycles. The Morgan fingerprint density at radius 2 is 1.68 bits per heavy atom. The van der Waals surface area contributed by atoms with Gasteiger partial charge in [0, 0.05) is 29.6 Å². The van der Waals surface area contributed by atoms with Crippen LogP contribution in [0.2, 0.25) is 0 Å². The van der Waals surface area contributed by atoms with Crippen molar-refractivity contribution < 1.29 is 18.7 Å². The van der Waals surface area contributed by atoms with Crippen molar-refractivity contribution in [2.45, 2.75) is 25.3 Å².